The Morgan fingerprint density at radius 2 is 2.29 bits per heavy atom. The average Bonchev–Trinajstić information content (AvgIpc) is 2.48. The number of hydrogen-bond acceptors (Lipinski definition) is 2. The molecule has 3 heteroatoms. The van der Waals surface area contributed by atoms with Crippen LogP contribution in [0.1, 0.15) is 56.5 Å². The average molecular weight is 193 g/mol. The van der Waals surface area contributed by atoms with Gasteiger partial charge in [0.05, 0.1) is 6.20 Å². The van der Waals surface area contributed by atoms with E-state index in [4.69, 9.17) is 5.73 Å². The molecular weight excluding hydrogens is 174 g/mol. The van der Waals surface area contributed by atoms with Gasteiger partial charge in [0, 0.05) is 23.3 Å². The Kier molecular flexibility index (Phi) is 2.59. The lowest BCUT2D eigenvalue weighted by molar-refractivity contribution is 0.504. The smallest absolute Gasteiger partial charge is 0.0540 e. The van der Waals surface area contributed by atoms with Crippen LogP contribution in [0.4, 0.5) is 0 Å². The molecule has 1 aromatic rings. The molecule has 1 aromatic heterocycles. The molecule has 0 bridgehead atoms. The van der Waals surface area contributed by atoms with E-state index in [9.17, 15) is 0 Å². The first-order valence-corrected chi connectivity index (χ1v) is 5.52. The van der Waals surface area contributed by atoms with E-state index in [2.05, 4.69) is 23.6 Å². The highest BCUT2D eigenvalue weighted by atomic mass is 15.3. The van der Waals surface area contributed by atoms with E-state index in [0.29, 0.717) is 6.04 Å². The zero-order valence-corrected chi connectivity index (χ0v) is 9.03. The van der Waals surface area contributed by atoms with Crippen LogP contribution in [0.15, 0.2) is 6.20 Å². The van der Waals surface area contributed by atoms with Crippen LogP contribution >= 0.6 is 0 Å². The number of hydrogen-bond donors (Lipinski definition) is 1. The number of nitrogens with two attached hydrogens (primary N) is 1. The van der Waals surface area contributed by atoms with Crippen molar-refractivity contribution in [1.82, 2.24) is 9.78 Å². The molecule has 1 aliphatic rings. The first-order valence-electron chi connectivity index (χ1n) is 5.52. The number of fused-ring (bicyclic) bond motifs is 1. The minimum atomic E-state index is 0.208. The summed E-state index contributed by atoms with van der Waals surface area (Å²) in [5, 5.41) is 4.43. The second kappa shape index (κ2) is 3.73. The molecule has 0 spiro atoms. The van der Waals surface area contributed by atoms with Gasteiger partial charge >= 0.3 is 0 Å². The third-order valence-electron chi connectivity index (χ3n) is 3.00. The summed E-state index contributed by atoms with van der Waals surface area (Å²) in [6.45, 7) is 4.34. The van der Waals surface area contributed by atoms with E-state index >= 15 is 0 Å². The number of nitrogens with zero attached hydrogens (tertiary/aromatic N) is 2. The highest BCUT2D eigenvalue weighted by Crippen LogP contribution is 2.27. The van der Waals surface area contributed by atoms with Crippen LogP contribution in [0.25, 0.3) is 0 Å². The van der Waals surface area contributed by atoms with E-state index in [0.717, 1.165) is 12.8 Å². The summed E-state index contributed by atoms with van der Waals surface area (Å²) in [6.07, 6.45) is 6.70. The van der Waals surface area contributed by atoms with Gasteiger partial charge in [-0.05, 0) is 33.1 Å². The first kappa shape index (κ1) is 9.71. The second-order valence-electron chi connectivity index (χ2n) is 4.44. The highest BCUT2D eigenvalue weighted by molar-refractivity contribution is 5.23. The molecule has 2 rings (SSSR count). The maximum atomic E-state index is 6.11. The van der Waals surface area contributed by atoms with Crippen molar-refractivity contribution in [2.24, 2.45) is 5.73 Å². The van der Waals surface area contributed by atoms with Crippen molar-refractivity contribution in [1.29, 1.82) is 0 Å². The fourth-order valence-electron chi connectivity index (χ4n) is 2.23. The summed E-state index contributed by atoms with van der Waals surface area (Å²) in [7, 11) is 0. The van der Waals surface area contributed by atoms with E-state index in [-0.39, 0.29) is 6.04 Å². The fraction of sp³-hybridized carbons (Fsp3) is 0.727. The van der Waals surface area contributed by atoms with Gasteiger partial charge in [0.1, 0.15) is 0 Å². The third kappa shape index (κ3) is 1.57. The molecule has 1 unspecified atom stereocenters. The number of aromatic nitrogens is 2. The molecule has 78 valence electrons. The number of rotatable bonds is 1. The van der Waals surface area contributed by atoms with Crippen molar-refractivity contribution in [3.8, 4) is 0 Å². The molecule has 0 amide bonds. The van der Waals surface area contributed by atoms with Crippen LogP contribution in [-0.4, -0.2) is 9.78 Å². The van der Waals surface area contributed by atoms with E-state index in [1.165, 1.54) is 24.1 Å². The van der Waals surface area contributed by atoms with Crippen molar-refractivity contribution in [3.63, 3.8) is 0 Å². The maximum absolute atomic E-state index is 6.11. The van der Waals surface area contributed by atoms with Crippen molar-refractivity contribution in [3.05, 3.63) is 17.5 Å². The van der Waals surface area contributed by atoms with Crippen molar-refractivity contribution < 1.29 is 0 Å². The predicted octanol–water partition coefficient (Wildman–Crippen LogP) is 2.19. The predicted molar refractivity (Wildman–Crippen MR) is 57.1 cm³/mol. The normalized spacial score (nSPS) is 22.1. The zero-order valence-electron chi connectivity index (χ0n) is 9.03. The van der Waals surface area contributed by atoms with Gasteiger partial charge in [-0.3, -0.25) is 4.68 Å². The van der Waals surface area contributed by atoms with Crippen molar-refractivity contribution in [2.45, 2.75) is 51.6 Å². The summed E-state index contributed by atoms with van der Waals surface area (Å²) in [5.74, 6) is 0. The molecule has 0 saturated carbocycles. The lowest BCUT2D eigenvalue weighted by Gasteiger charge is -2.12. The van der Waals surface area contributed by atoms with Gasteiger partial charge in [-0.1, -0.05) is 6.42 Å². The molecule has 0 fully saturated rings. The minimum absolute atomic E-state index is 0.208. The quantitative estimate of drug-likeness (QED) is 0.695. The van der Waals surface area contributed by atoms with Gasteiger partial charge in [0.2, 0.25) is 0 Å². The Morgan fingerprint density at radius 3 is 3.00 bits per heavy atom. The molecule has 0 aliphatic heterocycles. The van der Waals surface area contributed by atoms with Gasteiger partial charge in [-0.25, -0.2) is 0 Å². The molecule has 3 nitrogen and oxygen atoms in total. The van der Waals surface area contributed by atoms with Crippen molar-refractivity contribution in [2.75, 3.05) is 0 Å². The zero-order chi connectivity index (χ0) is 10.1. The van der Waals surface area contributed by atoms with Crippen LogP contribution in [-0.2, 0) is 6.42 Å². The lowest BCUT2D eigenvalue weighted by atomic mass is 10.1. The van der Waals surface area contributed by atoms with Crippen LogP contribution in [0.3, 0.4) is 0 Å². The molecule has 0 saturated heterocycles. The molecule has 0 aromatic carbocycles. The van der Waals surface area contributed by atoms with Crippen molar-refractivity contribution >= 4 is 0 Å². The maximum Gasteiger partial charge on any atom is 0.0540 e. The van der Waals surface area contributed by atoms with Gasteiger partial charge in [0.15, 0.2) is 0 Å². The highest BCUT2D eigenvalue weighted by Gasteiger charge is 2.20. The van der Waals surface area contributed by atoms with Gasteiger partial charge in [-0.15, -0.1) is 0 Å². The second-order valence-corrected chi connectivity index (χ2v) is 4.44. The summed E-state index contributed by atoms with van der Waals surface area (Å²) in [4.78, 5) is 0. The Hall–Kier alpha value is -0.830. The summed E-state index contributed by atoms with van der Waals surface area (Å²) >= 11 is 0. The largest absolute Gasteiger partial charge is 0.324 e. The monoisotopic (exact) mass is 193 g/mol. The molecule has 2 N–H and O–H groups in total. The minimum Gasteiger partial charge on any atom is -0.324 e. The molecule has 0 radical (unpaired) electrons. The van der Waals surface area contributed by atoms with Crippen LogP contribution < -0.4 is 5.73 Å². The molecular formula is C11H19N3. The standard InChI is InChI=1S/C11H19N3/c1-8(2)14-11-6-4-3-5-10(12)9(11)7-13-14/h7-8,10H,3-6,12H2,1-2H3. The Bertz CT molecular complexity index is 314. The van der Waals surface area contributed by atoms with E-state index < -0.39 is 0 Å². The van der Waals surface area contributed by atoms with Gasteiger partial charge < -0.3 is 5.73 Å². The van der Waals surface area contributed by atoms with Gasteiger partial charge in [-0.2, -0.15) is 5.10 Å². The summed E-state index contributed by atoms with van der Waals surface area (Å²) < 4.78 is 2.13. The third-order valence-corrected chi connectivity index (χ3v) is 3.00. The first-order chi connectivity index (χ1) is 6.70. The van der Waals surface area contributed by atoms with E-state index in [1.54, 1.807) is 0 Å². The van der Waals surface area contributed by atoms with Gasteiger partial charge in [0.25, 0.3) is 0 Å². The molecule has 1 atom stereocenters. The topological polar surface area (TPSA) is 43.8 Å². The van der Waals surface area contributed by atoms with E-state index in [1.807, 2.05) is 6.20 Å². The summed E-state index contributed by atoms with van der Waals surface area (Å²) in [6, 6.07) is 0.657. The Balaban J connectivity index is 2.39. The molecule has 1 aliphatic carbocycles. The Morgan fingerprint density at radius 1 is 1.50 bits per heavy atom. The lowest BCUT2D eigenvalue weighted by Crippen LogP contribution is -2.11. The van der Waals surface area contributed by atoms with Crippen LogP contribution in [0.5, 0.6) is 0 Å². The summed E-state index contributed by atoms with van der Waals surface area (Å²) in [5.41, 5.74) is 8.75. The molecule has 14 heavy (non-hydrogen) atoms. The SMILES string of the molecule is CC(C)n1ncc2c1CCCCC2N. The van der Waals surface area contributed by atoms with Crippen LogP contribution in [0.2, 0.25) is 0 Å². The fourth-order valence-corrected chi connectivity index (χ4v) is 2.23. The Labute approximate surface area is 85.3 Å². The van der Waals surface area contributed by atoms with Crippen LogP contribution in [0, 0.1) is 0 Å². The molecule has 1 heterocycles.